The summed E-state index contributed by atoms with van der Waals surface area (Å²) in [6.07, 6.45) is 0.465. The summed E-state index contributed by atoms with van der Waals surface area (Å²) in [5, 5.41) is 0. The fourth-order valence-corrected chi connectivity index (χ4v) is 4.77. The third-order valence-electron chi connectivity index (χ3n) is 6.40. The van der Waals surface area contributed by atoms with Gasteiger partial charge >= 0.3 is 0 Å². The lowest BCUT2D eigenvalue weighted by Crippen LogP contribution is -2.67. The topological polar surface area (TPSA) is 79.1 Å². The number of amides is 2. The van der Waals surface area contributed by atoms with Crippen LogP contribution in [0.1, 0.15) is 11.1 Å². The van der Waals surface area contributed by atoms with E-state index in [1.807, 2.05) is 55.6 Å². The zero-order chi connectivity index (χ0) is 22.6. The smallest absolute Gasteiger partial charge is 0.257 e. The number of piperazine rings is 1. The largest absolute Gasteiger partial charge is 0.368 e. The summed E-state index contributed by atoms with van der Waals surface area (Å²) in [6, 6.07) is 19.4. The lowest BCUT2D eigenvalue weighted by molar-refractivity contribution is -0.175. The molecule has 0 saturated carbocycles. The van der Waals surface area contributed by atoms with Crippen LogP contribution >= 0.6 is 0 Å². The van der Waals surface area contributed by atoms with Gasteiger partial charge in [0, 0.05) is 45.7 Å². The van der Waals surface area contributed by atoms with Crippen molar-refractivity contribution in [2.45, 2.75) is 24.6 Å². The van der Waals surface area contributed by atoms with Crippen molar-refractivity contribution in [1.82, 2.24) is 14.7 Å². The standard InChI is InChI=1S/C25H32N4O3/c1-27-14-15-32-25(19-27,16-20-8-4-2-5-9-20)24(31)29-13-12-28(18-22(29)23(26)30)17-21-10-6-3-7-11-21/h2-11,22H,12-19H2,1H3,(H2,26,30)/t22-,25-/m0/s1. The normalized spacial score (nSPS) is 24.9. The summed E-state index contributed by atoms with van der Waals surface area (Å²) in [6.45, 7) is 4.01. The molecule has 2 atom stereocenters. The highest BCUT2D eigenvalue weighted by atomic mass is 16.5. The van der Waals surface area contributed by atoms with Gasteiger partial charge in [0.15, 0.2) is 5.60 Å². The molecule has 0 aromatic heterocycles. The Balaban J connectivity index is 1.55. The predicted molar refractivity (Wildman–Crippen MR) is 123 cm³/mol. The van der Waals surface area contributed by atoms with Crippen LogP contribution < -0.4 is 5.73 Å². The highest BCUT2D eigenvalue weighted by Gasteiger charge is 2.48. The molecular formula is C25H32N4O3. The Morgan fingerprint density at radius 1 is 1.00 bits per heavy atom. The minimum Gasteiger partial charge on any atom is -0.368 e. The number of likely N-dealkylation sites (N-methyl/N-ethyl adjacent to an activating group) is 1. The van der Waals surface area contributed by atoms with Gasteiger partial charge in [-0.15, -0.1) is 0 Å². The van der Waals surface area contributed by atoms with Gasteiger partial charge < -0.3 is 20.3 Å². The number of hydrogen-bond acceptors (Lipinski definition) is 5. The molecule has 4 rings (SSSR count). The van der Waals surface area contributed by atoms with Gasteiger partial charge in [-0.3, -0.25) is 14.5 Å². The van der Waals surface area contributed by atoms with E-state index < -0.39 is 17.6 Å². The summed E-state index contributed by atoms with van der Waals surface area (Å²) < 4.78 is 6.21. The number of morpholine rings is 1. The van der Waals surface area contributed by atoms with Gasteiger partial charge in [-0.25, -0.2) is 0 Å². The van der Waals surface area contributed by atoms with Gasteiger partial charge in [-0.2, -0.15) is 0 Å². The lowest BCUT2D eigenvalue weighted by atomic mass is 9.89. The molecule has 0 spiro atoms. The van der Waals surface area contributed by atoms with E-state index >= 15 is 0 Å². The van der Waals surface area contributed by atoms with Crippen LogP contribution in [-0.2, 0) is 27.3 Å². The van der Waals surface area contributed by atoms with Gasteiger partial charge in [0.25, 0.3) is 5.91 Å². The molecule has 2 aliphatic heterocycles. The van der Waals surface area contributed by atoms with Crippen LogP contribution in [0.4, 0.5) is 0 Å². The fraction of sp³-hybridized carbons (Fsp3) is 0.440. The molecule has 2 aromatic carbocycles. The van der Waals surface area contributed by atoms with Gasteiger partial charge in [0.1, 0.15) is 6.04 Å². The van der Waals surface area contributed by atoms with Gasteiger partial charge in [-0.05, 0) is 18.2 Å². The minimum atomic E-state index is -1.02. The Hall–Kier alpha value is -2.74. The SMILES string of the molecule is CN1CCO[C@](Cc2ccccc2)(C(=O)N2CCN(Cc3ccccc3)C[C@H]2C(N)=O)C1. The van der Waals surface area contributed by atoms with E-state index in [0.29, 0.717) is 39.2 Å². The van der Waals surface area contributed by atoms with E-state index in [0.717, 1.165) is 18.7 Å². The molecule has 2 amide bonds. The number of nitrogens with zero attached hydrogens (tertiary/aromatic N) is 3. The maximum absolute atomic E-state index is 14.0. The van der Waals surface area contributed by atoms with Gasteiger partial charge in [0.05, 0.1) is 6.61 Å². The number of carbonyl (C=O) groups is 2. The highest BCUT2D eigenvalue weighted by molar-refractivity contribution is 5.92. The Kier molecular flexibility index (Phi) is 6.89. The molecule has 7 nitrogen and oxygen atoms in total. The number of hydrogen-bond donors (Lipinski definition) is 1. The van der Waals surface area contributed by atoms with Crippen LogP contribution in [0.5, 0.6) is 0 Å². The van der Waals surface area contributed by atoms with Crippen molar-refractivity contribution in [3.8, 4) is 0 Å². The second-order valence-corrected chi connectivity index (χ2v) is 8.88. The molecule has 2 fully saturated rings. The van der Waals surface area contributed by atoms with Crippen LogP contribution in [-0.4, -0.2) is 84.5 Å². The number of nitrogens with two attached hydrogens (primary N) is 1. The van der Waals surface area contributed by atoms with Crippen molar-refractivity contribution >= 4 is 11.8 Å². The van der Waals surface area contributed by atoms with Crippen molar-refractivity contribution in [2.75, 3.05) is 46.4 Å². The number of rotatable bonds is 6. The minimum absolute atomic E-state index is 0.143. The first-order valence-corrected chi connectivity index (χ1v) is 11.2. The zero-order valence-corrected chi connectivity index (χ0v) is 18.7. The summed E-state index contributed by atoms with van der Waals surface area (Å²) in [5.74, 6) is -0.619. The van der Waals surface area contributed by atoms with Crippen LogP contribution in [0.3, 0.4) is 0 Å². The molecule has 2 heterocycles. The fourth-order valence-electron chi connectivity index (χ4n) is 4.77. The monoisotopic (exact) mass is 436 g/mol. The average Bonchev–Trinajstić information content (AvgIpc) is 2.80. The van der Waals surface area contributed by atoms with Crippen LogP contribution in [0, 0.1) is 0 Å². The Morgan fingerprint density at radius 2 is 1.66 bits per heavy atom. The zero-order valence-electron chi connectivity index (χ0n) is 18.7. The van der Waals surface area contributed by atoms with Crippen molar-refractivity contribution in [3.63, 3.8) is 0 Å². The molecule has 2 N–H and O–H groups in total. The van der Waals surface area contributed by atoms with E-state index in [9.17, 15) is 9.59 Å². The van der Waals surface area contributed by atoms with E-state index in [4.69, 9.17) is 10.5 Å². The Labute approximate surface area is 189 Å². The molecule has 0 unspecified atom stereocenters. The van der Waals surface area contributed by atoms with E-state index in [2.05, 4.69) is 21.9 Å². The molecule has 0 aliphatic carbocycles. The van der Waals surface area contributed by atoms with E-state index in [1.54, 1.807) is 4.90 Å². The van der Waals surface area contributed by atoms with Crippen LogP contribution in [0.25, 0.3) is 0 Å². The van der Waals surface area contributed by atoms with E-state index in [1.165, 1.54) is 5.56 Å². The van der Waals surface area contributed by atoms with Gasteiger partial charge in [-0.1, -0.05) is 60.7 Å². The Morgan fingerprint density at radius 3 is 2.28 bits per heavy atom. The predicted octanol–water partition coefficient (Wildman–Crippen LogP) is 1.13. The maximum atomic E-state index is 14.0. The molecular weight excluding hydrogens is 404 g/mol. The van der Waals surface area contributed by atoms with Crippen molar-refractivity contribution < 1.29 is 14.3 Å². The van der Waals surface area contributed by atoms with Crippen LogP contribution in [0.15, 0.2) is 60.7 Å². The molecule has 7 heteroatoms. The summed E-state index contributed by atoms with van der Waals surface area (Å²) in [7, 11) is 2.00. The number of benzene rings is 2. The molecule has 0 radical (unpaired) electrons. The first-order valence-electron chi connectivity index (χ1n) is 11.2. The first-order chi connectivity index (χ1) is 15.5. The van der Waals surface area contributed by atoms with Gasteiger partial charge in [0.2, 0.25) is 5.91 Å². The average molecular weight is 437 g/mol. The van der Waals surface area contributed by atoms with Crippen molar-refractivity contribution in [3.05, 3.63) is 71.8 Å². The Bertz CT molecular complexity index is 923. The quantitative estimate of drug-likeness (QED) is 0.735. The van der Waals surface area contributed by atoms with Crippen molar-refractivity contribution in [2.24, 2.45) is 5.73 Å². The summed E-state index contributed by atoms with van der Waals surface area (Å²) in [5.41, 5.74) is 6.98. The van der Waals surface area contributed by atoms with Crippen LogP contribution in [0.2, 0.25) is 0 Å². The highest BCUT2D eigenvalue weighted by Crippen LogP contribution is 2.28. The first kappa shape index (κ1) is 22.5. The third-order valence-corrected chi connectivity index (χ3v) is 6.40. The molecule has 170 valence electrons. The lowest BCUT2D eigenvalue weighted by Gasteiger charge is -2.47. The van der Waals surface area contributed by atoms with Crippen molar-refractivity contribution in [1.29, 1.82) is 0 Å². The second kappa shape index (κ2) is 9.81. The number of ether oxygens (including phenoxy) is 1. The second-order valence-electron chi connectivity index (χ2n) is 8.88. The number of primary amides is 1. The number of carbonyl (C=O) groups excluding carboxylic acids is 2. The summed E-state index contributed by atoms with van der Waals surface area (Å²) >= 11 is 0. The molecule has 2 saturated heterocycles. The molecule has 32 heavy (non-hydrogen) atoms. The summed E-state index contributed by atoms with van der Waals surface area (Å²) in [4.78, 5) is 32.3. The maximum Gasteiger partial charge on any atom is 0.257 e. The molecule has 0 bridgehead atoms. The molecule has 2 aliphatic rings. The third kappa shape index (κ3) is 5.01. The van der Waals surface area contributed by atoms with E-state index in [-0.39, 0.29) is 5.91 Å². The molecule has 2 aromatic rings.